The number of benzene rings is 2. The first-order valence-corrected chi connectivity index (χ1v) is 8.13. The van der Waals surface area contributed by atoms with Gasteiger partial charge in [0, 0.05) is 20.5 Å². The fraction of sp³-hybridized carbons (Fsp3) is 0.167. The summed E-state index contributed by atoms with van der Waals surface area (Å²) < 4.78 is 4.02. The van der Waals surface area contributed by atoms with Crippen LogP contribution in [0.1, 0.15) is 5.56 Å². The minimum Gasteiger partial charge on any atom is -0.348 e. The molecule has 0 bridgehead atoms. The molecule has 4 rings (SSSR count). The van der Waals surface area contributed by atoms with Crippen LogP contribution in [0.2, 0.25) is 0 Å². The first-order valence-electron chi connectivity index (χ1n) is 7.72. The third kappa shape index (κ3) is 2.45. The average molecular weight is 335 g/mol. The second kappa shape index (κ2) is 5.72. The fourth-order valence-electron chi connectivity index (χ4n) is 2.99. The van der Waals surface area contributed by atoms with Crippen molar-refractivity contribution in [3.63, 3.8) is 0 Å². The lowest BCUT2D eigenvalue weighted by Gasteiger charge is -2.09. The molecule has 0 spiro atoms. The van der Waals surface area contributed by atoms with E-state index in [1.807, 2.05) is 60.1 Å². The maximum Gasteiger partial charge on any atom is 0.112 e. The van der Waals surface area contributed by atoms with E-state index in [2.05, 4.69) is 27.4 Å². The van der Waals surface area contributed by atoms with Gasteiger partial charge in [-0.3, -0.25) is 0 Å². The van der Waals surface area contributed by atoms with Gasteiger partial charge >= 0.3 is 0 Å². The third-order valence-electron chi connectivity index (χ3n) is 4.22. The number of para-hydroxylation sites is 2. The Bertz CT molecular complexity index is 976. The van der Waals surface area contributed by atoms with Crippen molar-refractivity contribution in [1.29, 1.82) is 0 Å². The van der Waals surface area contributed by atoms with E-state index < -0.39 is 0 Å². The molecule has 0 unspecified atom stereocenters. The third-order valence-corrected chi connectivity index (χ3v) is 4.46. The Balaban J connectivity index is 1.62. The fourth-order valence-corrected chi connectivity index (χ4v) is 3.25. The molecule has 0 saturated carbocycles. The van der Waals surface area contributed by atoms with Gasteiger partial charge in [0.25, 0.3) is 0 Å². The molecule has 2 aromatic carbocycles. The highest BCUT2D eigenvalue weighted by Gasteiger charge is 2.10. The lowest BCUT2D eigenvalue weighted by atomic mass is 10.1. The zero-order chi connectivity index (χ0) is 16.7. The van der Waals surface area contributed by atoms with E-state index in [4.69, 9.17) is 12.2 Å². The molecule has 24 heavy (non-hydrogen) atoms. The van der Waals surface area contributed by atoms with E-state index in [1.165, 1.54) is 0 Å². The largest absolute Gasteiger partial charge is 0.348 e. The molecule has 2 aromatic heterocycles. The van der Waals surface area contributed by atoms with E-state index in [0.29, 0.717) is 6.42 Å². The van der Waals surface area contributed by atoms with Crippen LogP contribution in [-0.2, 0) is 20.5 Å². The molecule has 0 radical (unpaired) electrons. The first kappa shape index (κ1) is 14.8. The minimum absolute atomic E-state index is 0.646. The summed E-state index contributed by atoms with van der Waals surface area (Å²) in [6, 6.07) is 12.2. The molecule has 120 valence electrons. The highest BCUT2D eigenvalue weighted by molar-refractivity contribution is 7.80. The van der Waals surface area contributed by atoms with Crippen LogP contribution in [0, 0.1) is 0 Å². The van der Waals surface area contributed by atoms with Crippen LogP contribution in [-0.4, -0.2) is 24.1 Å². The lowest BCUT2D eigenvalue weighted by molar-refractivity contribution is 0.948. The second-order valence-electron chi connectivity index (χ2n) is 5.89. The average Bonchev–Trinajstić information content (AvgIpc) is 3.13. The van der Waals surface area contributed by atoms with Crippen molar-refractivity contribution in [3.8, 4) is 0 Å². The molecule has 1 N–H and O–H groups in total. The number of aryl methyl sites for hydroxylation is 2. The molecular formula is C18H17N5S. The molecule has 0 aliphatic heterocycles. The molecule has 0 fully saturated rings. The zero-order valence-electron chi connectivity index (χ0n) is 13.5. The summed E-state index contributed by atoms with van der Waals surface area (Å²) in [5, 5.41) is 3.34. The standard InChI is InChI=1S/C18H17N5S/c1-22-10-19-17-12(5-3-7-14(17)22)9-16(24)21-13-6-4-8-15-18(13)20-11-23(15)2/h3-8,10-11H,9H2,1-2H3,(H,21,24). The Hall–Kier alpha value is -2.73. The highest BCUT2D eigenvalue weighted by atomic mass is 32.1. The van der Waals surface area contributed by atoms with Crippen molar-refractivity contribution in [3.05, 3.63) is 54.6 Å². The number of fused-ring (bicyclic) bond motifs is 2. The van der Waals surface area contributed by atoms with Crippen molar-refractivity contribution in [1.82, 2.24) is 19.1 Å². The number of anilines is 1. The maximum atomic E-state index is 5.58. The van der Waals surface area contributed by atoms with Gasteiger partial charge in [-0.25, -0.2) is 9.97 Å². The Kier molecular flexibility index (Phi) is 3.54. The number of imidazole rings is 2. The van der Waals surface area contributed by atoms with Crippen molar-refractivity contribution in [2.75, 3.05) is 5.32 Å². The molecular weight excluding hydrogens is 318 g/mol. The molecule has 0 atom stereocenters. The molecule has 4 aromatic rings. The molecule has 0 aliphatic rings. The van der Waals surface area contributed by atoms with Crippen molar-refractivity contribution >= 4 is 45.0 Å². The van der Waals surface area contributed by atoms with Crippen LogP contribution >= 0.6 is 12.2 Å². The molecule has 0 amide bonds. The lowest BCUT2D eigenvalue weighted by Crippen LogP contribution is -2.12. The minimum atomic E-state index is 0.646. The summed E-state index contributed by atoms with van der Waals surface area (Å²) in [4.78, 5) is 9.70. The van der Waals surface area contributed by atoms with Crippen molar-refractivity contribution in [2.24, 2.45) is 14.1 Å². The van der Waals surface area contributed by atoms with E-state index in [0.717, 1.165) is 38.3 Å². The Morgan fingerprint density at radius 3 is 2.33 bits per heavy atom. The van der Waals surface area contributed by atoms with Gasteiger partial charge in [-0.1, -0.05) is 30.4 Å². The Morgan fingerprint density at radius 1 is 0.958 bits per heavy atom. The van der Waals surface area contributed by atoms with Gasteiger partial charge < -0.3 is 14.5 Å². The maximum absolute atomic E-state index is 5.58. The Labute approximate surface area is 144 Å². The number of nitrogens with one attached hydrogen (secondary N) is 1. The van der Waals surface area contributed by atoms with E-state index in [-0.39, 0.29) is 0 Å². The summed E-state index contributed by atoms with van der Waals surface area (Å²) in [6.45, 7) is 0. The predicted octanol–water partition coefficient (Wildman–Crippen LogP) is 3.44. The molecule has 6 heteroatoms. The van der Waals surface area contributed by atoms with Gasteiger partial charge in [0.05, 0.1) is 39.9 Å². The topological polar surface area (TPSA) is 47.7 Å². The summed E-state index contributed by atoms with van der Waals surface area (Å²) >= 11 is 5.58. The smallest absolute Gasteiger partial charge is 0.112 e. The normalized spacial score (nSPS) is 11.2. The predicted molar refractivity (Wildman–Crippen MR) is 101 cm³/mol. The van der Waals surface area contributed by atoms with Crippen LogP contribution in [0.25, 0.3) is 22.1 Å². The number of hydrogen-bond donors (Lipinski definition) is 1. The van der Waals surface area contributed by atoms with Crippen molar-refractivity contribution in [2.45, 2.75) is 6.42 Å². The van der Waals surface area contributed by atoms with Gasteiger partial charge in [-0.2, -0.15) is 0 Å². The van der Waals surface area contributed by atoms with E-state index >= 15 is 0 Å². The van der Waals surface area contributed by atoms with Crippen LogP contribution in [0.15, 0.2) is 49.1 Å². The van der Waals surface area contributed by atoms with E-state index in [9.17, 15) is 0 Å². The number of rotatable bonds is 3. The Morgan fingerprint density at radius 2 is 1.58 bits per heavy atom. The van der Waals surface area contributed by atoms with Crippen LogP contribution in [0.4, 0.5) is 5.69 Å². The number of nitrogens with zero attached hydrogens (tertiary/aromatic N) is 4. The molecule has 2 heterocycles. The molecule has 0 aliphatic carbocycles. The van der Waals surface area contributed by atoms with Gasteiger partial charge in [0.2, 0.25) is 0 Å². The van der Waals surface area contributed by atoms with E-state index in [1.54, 1.807) is 0 Å². The second-order valence-corrected chi connectivity index (χ2v) is 6.39. The van der Waals surface area contributed by atoms with Crippen LogP contribution in [0.3, 0.4) is 0 Å². The quantitative estimate of drug-likeness (QED) is 0.583. The SMILES string of the molecule is Cn1cnc2c(CC(=S)Nc3cccc4c3ncn4C)cccc21. The number of aromatic nitrogens is 4. The number of thiocarbonyl (C=S) groups is 1. The van der Waals surface area contributed by atoms with Crippen LogP contribution in [0.5, 0.6) is 0 Å². The van der Waals surface area contributed by atoms with Crippen molar-refractivity contribution < 1.29 is 0 Å². The summed E-state index contributed by atoms with van der Waals surface area (Å²) in [6.07, 6.45) is 4.29. The monoisotopic (exact) mass is 335 g/mol. The zero-order valence-corrected chi connectivity index (χ0v) is 14.3. The highest BCUT2D eigenvalue weighted by Crippen LogP contribution is 2.22. The summed E-state index contributed by atoms with van der Waals surface area (Å²) in [5.74, 6) is 0. The van der Waals surface area contributed by atoms with Gasteiger partial charge in [0.1, 0.15) is 5.52 Å². The summed E-state index contributed by atoms with van der Waals surface area (Å²) in [7, 11) is 3.98. The molecule has 0 saturated heterocycles. The van der Waals surface area contributed by atoms with Gasteiger partial charge in [0.15, 0.2) is 0 Å². The van der Waals surface area contributed by atoms with Gasteiger partial charge in [-0.15, -0.1) is 0 Å². The van der Waals surface area contributed by atoms with Gasteiger partial charge in [-0.05, 0) is 23.8 Å². The van der Waals surface area contributed by atoms with Crippen LogP contribution < -0.4 is 5.32 Å². The summed E-state index contributed by atoms with van der Waals surface area (Å²) in [5.41, 5.74) is 6.18. The molecule has 5 nitrogen and oxygen atoms in total. The first-order chi connectivity index (χ1) is 11.6. The number of hydrogen-bond acceptors (Lipinski definition) is 3.